The van der Waals surface area contributed by atoms with Crippen molar-refractivity contribution in [2.45, 2.75) is 0 Å². The molecule has 1 rings (SSSR count). The molecule has 4 nitrogen and oxygen atoms in total. The number of azide groups is 1. The van der Waals surface area contributed by atoms with Crippen LogP contribution in [0.25, 0.3) is 10.4 Å². The van der Waals surface area contributed by atoms with E-state index in [1.165, 1.54) is 0 Å². The van der Waals surface area contributed by atoms with Crippen molar-refractivity contribution >= 4 is 5.69 Å². The Bertz CT molecular complexity index is 481. The summed E-state index contributed by atoms with van der Waals surface area (Å²) in [5.74, 6) is 2.82. The summed E-state index contributed by atoms with van der Waals surface area (Å²) in [7, 11) is 0. The van der Waals surface area contributed by atoms with Crippen LogP contribution in [-0.2, 0) is 0 Å². The lowest BCUT2D eigenvalue weighted by atomic mass is 10.2. The lowest BCUT2D eigenvalue weighted by Crippen LogP contribution is -1.97. The summed E-state index contributed by atoms with van der Waals surface area (Å²) in [5.41, 5.74) is 12.6. The molecule has 0 aliphatic rings. The summed E-state index contributed by atoms with van der Waals surface area (Å²) in [6.07, 6.45) is 0. The number of nitrogens with zero attached hydrogens (tertiary/aromatic N) is 3. The van der Waals surface area contributed by atoms with Gasteiger partial charge in [0.1, 0.15) is 5.82 Å². The van der Waals surface area contributed by atoms with Gasteiger partial charge >= 0.3 is 0 Å². The summed E-state index contributed by atoms with van der Waals surface area (Å²) in [5, 5.41) is 3.10. The summed E-state index contributed by atoms with van der Waals surface area (Å²) in [6.45, 7) is -0.149. The average molecular weight is 208 g/mol. The van der Waals surface area contributed by atoms with E-state index in [2.05, 4.69) is 21.9 Å². The molecule has 0 aliphatic carbocycles. The topological polar surface area (TPSA) is 74.8 Å². The molecule has 0 radical (unpaired) electrons. The van der Waals surface area contributed by atoms with Crippen molar-refractivity contribution in [1.29, 1.82) is 0 Å². The van der Waals surface area contributed by atoms with Gasteiger partial charge in [0.15, 0.2) is 5.82 Å². The third-order valence-electron chi connectivity index (χ3n) is 1.55. The van der Waals surface area contributed by atoms with Crippen molar-refractivity contribution < 1.29 is 8.78 Å². The highest BCUT2D eigenvalue weighted by Crippen LogP contribution is 2.17. The Kier molecular flexibility index (Phi) is 3.49. The monoisotopic (exact) mass is 208 g/mol. The first-order valence-electron chi connectivity index (χ1n) is 3.90. The molecule has 0 aliphatic heterocycles. The third kappa shape index (κ3) is 2.59. The quantitative estimate of drug-likeness (QED) is 0.248. The second-order valence-electron chi connectivity index (χ2n) is 2.52. The van der Waals surface area contributed by atoms with E-state index in [9.17, 15) is 8.78 Å². The van der Waals surface area contributed by atoms with Crippen LogP contribution in [0.1, 0.15) is 5.56 Å². The SMILES string of the molecule is [N-]=[N+]=NCC#Cc1c(F)ccc(N)c1F. The summed E-state index contributed by atoms with van der Waals surface area (Å²) in [4.78, 5) is 2.44. The lowest BCUT2D eigenvalue weighted by Gasteiger charge is -1.99. The van der Waals surface area contributed by atoms with Crippen molar-refractivity contribution in [3.63, 3.8) is 0 Å². The predicted molar refractivity (Wildman–Crippen MR) is 51.7 cm³/mol. The molecule has 0 amide bonds. The van der Waals surface area contributed by atoms with Crippen LogP contribution in [0, 0.1) is 23.5 Å². The number of hydrogen-bond donors (Lipinski definition) is 1. The molecule has 0 atom stereocenters. The number of anilines is 1. The van der Waals surface area contributed by atoms with Gasteiger partial charge in [0.2, 0.25) is 0 Å². The van der Waals surface area contributed by atoms with Gasteiger partial charge in [-0.3, -0.25) is 0 Å². The minimum absolute atomic E-state index is 0.149. The van der Waals surface area contributed by atoms with Crippen LogP contribution in [0.15, 0.2) is 17.2 Å². The first-order chi connectivity index (χ1) is 7.16. The Balaban J connectivity index is 3.06. The van der Waals surface area contributed by atoms with Crippen molar-refractivity contribution in [3.05, 3.63) is 39.8 Å². The van der Waals surface area contributed by atoms with E-state index in [-0.39, 0.29) is 12.2 Å². The zero-order valence-corrected chi connectivity index (χ0v) is 7.54. The number of halogens is 2. The first-order valence-corrected chi connectivity index (χ1v) is 3.90. The fourth-order valence-corrected chi connectivity index (χ4v) is 0.878. The summed E-state index contributed by atoms with van der Waals surface area (Å²) in [6, 6.07) is 2.14. The average Bonchev–Trinajstić information content (AvgIpc) is 2.23. The molecular weight excluding hydrogens is 202 g/mol. The standard InChI is InChI=1S/C9H6F2N4/c10-7-3-4-8(12)9(11)6(7)2-1-5-14-15-13/h3-4H,5,12H2. The van der Waals surface area contributed by atoms with E-state index in [0.29, 0.717) is 0 Å². The molecule has 1 aromatic rings. The highest BCUT2D eigenvalue weighted by atomic mass is 19.1. The van der Waals surface area contributed by atoms with Gasteiger partial charge in [0, 0.05) is 4.91 Å². The van der Waals surface area contributed by atoms with Crippen LogP contribution in [-0.4, -0.2) is 6.54 Å². The number of benzene rings is 1. The molecule has 0 saturated carbocycles. The normalized spacial score (nSPS) is 8.67. The molecule has 0 aromatic heterocycles. The molecule has 0 unspecified atom stereocenters. The van der Waals surface area contributed by atoms with Crippen LogP contribution in [0.2, 0.25) is 0 Å². The first kappa shape index (κ1) is 10.8. The van der Waals surface area contributed by atoms with E-state index in [0.717, 1.165) is 12.1 Å². The van der Waals surface area contributed by atoms with Crippen LogP contribution >= 0.6 is 0 Å². The zero-order valence-electron chi connectivity index (χ0n) is 7.54. The van der Waals surface area contributed by atoms with E-state index < -0.39 is 17.2 Å². The number of nitrogen functional groups attached to an aromatic ring is 1. The Morgan fingerprint density at radius 2 is 2.20 bits per heavy atom. The molecule has 0 spiro atoms. The molecule has 15 heavy (non-hydrogen) atoms. The van der Waals surface area contributed by atoms with Gasteiger partial charge in [0.05, 0.1) is 17.8 Å². The van der Waals surface area contributed by atoms with Gasteiger partial charge in [0.25, 0.3) is 0 Å². The van der Waals surface area contributed by atoms with Crippen molar-refractivity contribution in [3.8, 4) is 11.8 Å². The maximum Gasteiger partial charge on any atom is 0.164 e. The molecule has 76 valence electrons. The number of rotatable bonds is 1. The van der Waals surface area contributed by atoms with Crippen molar-refractivity contribution in [2.24, 2.45) is 5.11 Å². The van der Waals surface area contributed by atoms with Crippen molar-refractivity contribution in [2.75, 3.05) is 12.3 Å². The fraction of sp³-hybridized carbons (Fsp3) is 0.111. The maximum absolute atomic E-state index is 13.2. The van der Waals surface area contributed by atoms with Crippen molar-refractivity contribution in [1.82, 2.24) is 0 Å². The van der Waals surface area contributed by atoms with Gasteiger partial charge in [-0.25, -0.2) is 8.78 Å². The molecule has 0 fully saturated rings. The van der Waals surface area contributed by atoms with Gasteiger partial charge < -0.3 is 5.73 Å². The molecule has 0 saturated heterocycles. The predicted octanol–water partition coefficient (Wildman–Crippen LogP) is 2.21. The van der Waals surface area contributed by atoms with Gasteiger partial charge in [-0.2, -0.15) is 0 Å². The third-order valence-corrected chi connectivity index (χ3v) is 1.55. The second-order valence-corrected chi connectivity index (χ2v) is 2.52. The molecule has 0 heterocycles. The van der Waals surface area contributed by atoms with Crippen LogP contribution < -0.4 is 5.73 Å². The Morgan fingerprint density at radius 1 is 1.47 bits per heavy atom. The minimum atomic E-state index is -0.900. The zero-order chi connectivity index (χ0) is 11.3. The largest absolute Gasteiger partial charge is 0.396 e. The summed E-state index contributed by atoms with van der Waals surface area (Å²) < 4.78 is 26.2. The van der Waals surface area contributed by atoms with E-state index in [1.807, 2.05) is 0 Å². The maximum atomic E-state index is 13.2. The highest BCUT2D eigenvalue weighted by Gasteiger charge is 2.08. The van der Waals surface area contributed by atoms with E-state index in [1.54, 1.807) is 0 Å². The van der Waals surface area contributed by atoms with Gasteiger partial charge in [-0.05, 0) is 17.7 Å². The van der Waals surface area contributed by atoms with Gasteiger partial charge in [-0.1, -0.05) is 17.0 Å². The molecule has 6 heteroatoms. The Morgan fingerprint density at radius 3 is 2.87 bits per heavy atom. The summed E-state index contributed by atoms with van der Waals surface area (Å²) >= 11 is 0. The lowest BCUT2D eigenvalue weighted by molar-refractivity contribution is 0.580. The minimum Gasteiger partial charge on any atom is -0.396 e. The fourth-order valence-electron chi connectivity index (χ4n) is 0.878. The molecular formula is C9H6F2N4. The number of nitrogens with two attached hydrogens (primary N) is 1. The molecule has 2 N–H and O–H groups in total. The molecule has 0 bridgehead atoms. The smallest absolute Gasteiger partial charge is 0.164 e. The Labute approximate surface area is 84.3 Å². The Hall–Kier alpha value is -2.25. The second kappa shape index (κ2) is 4.84. The van der Waals surface area contributed by atoms with Crippen LogP contribution in [0.5, 0.6) is 0 Å². The number of hydrogen-bond acceptors (Lipinski definition) is 2. The van der Waals surface area contributed by atoms with E-state index >= 15 is 0 Å². The highest BCUT2D eigenvalue weighted by molar-refractivity contribution is 5.49. The molecule has 1 aromatic carbocycles. The van der Waals surface area contributed by atoms with Gasteiger partial charge in [-0.15, -0.1) is 0 Å². The van der Waals surface area contributed by atoms with E-state index in [4.69, 9.17) is 11.3 Å². The van der Waals surface area contributed by atoms with Crippen LogP contribution in [0.3, 0.4) is 0 Å². The van der Waals surface area contributed by atoms with Crippen LogP contribution in [0.4, 0.5) is 14.5 Å².